The van der Waals surface area contributed by atoms with E-state index in [2.05, 4.69) is 40.8 Å². The highest BCUT2D eigenvalue weighted by Gasteiger charge is 2.35. The summed E-state index contributed by atoms with van der Waals surface area (Å²) in [5, 5.41) is 24.4. The molecule has 7 nitrogen and oxygen atoms in total. The Bertz CT molecular complexity index is 573. The third-order valence-electron chi connectivity index (χ3n) is 3.97. The molecule has 1 aliphatic carbocycles. The molecular weight excluding hydrogens is 312 g/mol. The summed E-state index contributed by atoms with van der Waals surface area (Å²) in [5.41, 5.74) is -0.700. The van der Waals surface area contributed by atoms with Crippen molar-refractivity contribution in [3.63, 3.8) is 0 Å². The van der Waals surface area contributed by atoms with E-state index < -0.39 is 5.54 Å². The number of nitrogens with one attached hydrogen (secondary N) is 1. The van der Waals surface area contributed by atoms with Crippen LogP contribution in [0.3, 0.4) is 0 Å². The molecule has 0 radical (unpaired) electrons. The van der Waals surface area contributed by atoms with E-state index in [-0.39, 0.29) is 11.2 Å². The summed E-state index contributed by atoms with van der Waals surface area (Å²) >= 11 is 1.33. The Morgan fingerprint density at radius 2 is 2.09 bits per heavy atom. The molecule has 0 aromatic carbocycles. The maximum Gasteiger partial charge on any atom is 0.234 e. The molecule has 1 aromatic heterocycles. The molecule has 126 valence electrons. The van der Waals surface area contributed by atoms with Crippen molar-refractivity contribution in [1.82, 2.24) is 25.5 Å². The Labute approximate surface area is 141 Å². The summed E-state index contributed by atoms with van der Waals surface area (Å²) in [4.78, 5) is 12.5. The predicted molar refractivity (Wildman–Crippen MR) is 87.5 cm³/mol. The predicted octanol–water partition coefficient (Wildman–Crippen LogP) is 2.15. The van der Waals surface area contributed by atoms with Crippen molar-refractivity contribution in [2.24, 2.45) is 5.92 Å². The average molecular weight is 336 g/mol. The Kier molecular flexibility index (Phi) is 5.99. The minimum Gasteiger partial charge on any atom is -0.337 e. The van der Waals surface area contributed by atoms with Crippen LogP contribution in [0, 0.1) is 17.2 Å². The number of carbonyl (C=O) groups excluding carboxylic acids is 1. The fourth-order valence-electron chi connectivity index (χ4n) is 2.71. The van der Waals surface area contributed by atoms with Crippen molar-refractivity contribution < 1.29 is 4.79 Å². The summed E-state index contributed by atoms with van der Waals surface area (Å²) in [6.45, 7) is 6.71. The van der Waals surface area contributed by atoms with Crippen LogP contribution in [-0.2, 0) is 11.3 Å². The summed E-state index contributed by atoms with van der Waals surface area (Å²) < 4.78 is 1.72. The number of carbonyl (C=O) groups is 1. The van der Waals surface area contributed by atoms with Crippen LogP contribution in [0.5, 0.6) is 0 Å². The molecule has 2 rings (SSSR count). The lowest BCUT2D eigenvalue weighted by atomic mass is 9.83. The molecule has 23 heavy (non-hydrogen) atoms. The number of nitriles is 1. The lowest BCUT2D eigenvalue weighted by molar-refractivity contribution is -0.121. The van der Waals surface area contributed by atoms with E-state index in [1.54, 1.807) is 4.68 Å². The number of hydrogen-bond donors (Lipinski definition) is 1. The van der Waals surface area contributed by atoms with Gasteiger partial charge in [0.1, 0.15) is 5.54 Å². The molecule has 1 fully saturated rings. The van der Waals surface area contributed by atoms with Gasteiger partial charge in [-0.05, 0) is 36.1 Å². The second kappa shape index (κ2) is 7.77. The molecule has 1 saturated carbocycles. The fraction of sp³-hybridized carbons (Fsp3) is 0.800. The van der Waals surface area contributed by atoms with Crippen LogP contribution < -0.4 is 5.32 Å². The summed E-state index contributed by atoms with van der Waals surface area (Å²) in [6, 6.07) is 2.31. The van der Waals surface area contributed by atoms with Gasteiger partial charge < -0.3 is 5.32 Å². The largest absolute Gasteiger partial charge is 0.337 e. The SMILES string of the molecule is CC(C)Cn1nnnc1S[C@H](C)C(=O)NC1(C#N)CCCCC1. The maximum absolute atomic E-state index is 12.5. The lowest BCUT2D eigenvalue weighted by Crippen LogP contribution is -2.51. The zero-order chi connectivity index (χ0) is 16.9. The highest BCUT2D eigenvalue weighted by atomic mass is 32.2. The second-order valence-electron chi connectivity index (χ2n) is 6.54. The Balaban J connectivity index is 1.97. The highest BCUT2D eigenvalue weighted by Crippen LogP contribution is 2.29. The van der Waals surface area contributed by atoms with E-state index >= 15 is 0 Å². The normalized spacial score (nSPS) is 18.4. The van der Waals surface area contributed by atoms with Crippen LogP contribution in [-0.4, -0.2) is 36.9 Å². The van der Waals surface area contributed by atoms with Crippen molar-refractivity contribution in [3.05, 3.63) is 0 Å². The summed E-state index contributed by atoms with van der Waals surface area (Å²) in [6.07, 6.45) is 4.58. The molecule has 0 spiro atoms. The van der Waals surface area contributed by atoms with Crippen LogP contribution in [0.15, 0.2) is 5.16 Å². The first kappa shape index (κ1) is 17.7. The van der Waals surface area contributed by atoms with Gasteiger partial charge in [-0.1, -0.05) is 44.9 Å². The van der Waals surface area contributed by atoms with Gasteiger partial charge in [0, 0.05) is 6.54 Å². The molecule has 1 aliphatic rings. The molecule has 0 unspecified atom stereocenters. The zero-order valence-corrected chi connectivity index (χ0v) is 14.8. The molecule has 1 amide bonds. The van der Waals surface area contributed by atoms with Gasteiger partial charge in [0.15, 0.2) is 0 Å². The molecule has 1 atom stereocenters. The number of tetrazole rings is 1. The van der Waals surface area contributed by atoms with E-state index in [0.717, 1.165) is 32.1 Å². The lowest BCUT2D eigenvalue weighted by Gasteiger charge is -2.32. The molecular formula is C15H24N6OS. The Morgan fingerprint density at radius 3 is 2.70 bits per heavy atom. The van der Waals surface area contributed by atoms with Gasteiger partial charge in [0.2, 0.25) is 11.1 Å². The van der Waals surface area contributed by atoms with Crippen molar-refractivity contribution in [3.8, 4) is 6.07 Å². The minimum absolute atomic E-state index is 0.127. The number of hydrogen-bond acceptors (Lipinski definition) is 6. The second-order valence-corrected chi connectivity index (χ2v) is 7.85. The molecule has 8 heteroatoms. The van der Waals surface area contributed by atoms with Gasteiger partial charge in [0.25, 0.3) is 0 Å². The van der Waals surface area contributed by atoms with Crippen LogP contribution in [0.25, 0.3) is 0 Å². The van der Waals surface area contributed by atoms with E-state index in [4.69, 9.17) is 0 Å². The number of amides is 1. The van der Waals surface area contributed by atoms with E-state index in [1.165, 1.54) is 11.8 Å². The van der Waals surface area contributed by atoms with Gasteiger partial charge in [-0.25, -0.2) is 4.68 Å². The van der Waals surface area contributed by atoms with Crippen LogP contribution in [0.1, 0.15) is 52.9 Å². The third-order valence-corrected chi connectivity index (χ3v) is 5.04. The molecule has 1 aromatic rings. The number of thioether (sulfide) groups is 1. The van der Waals surface area contributed by atoms with Gasteiger partial charge in [-0.15, -0.1) is 5.10 Å². The number of aromatic nitrogens is 4. The third kappa shape index (κ3) is 4.67. The van der Waals surface area contributed by atoms with Crippen molar-refractivity contribution >= 4 is 17.7 Å². The standard InChI is InChI=1S/C15H24N6OS/c1-11(2)9-21-14(18-19-20-21)23-12(3)13(22)17-15(10-16)7-5-4-6-8-15/h11-12H,4-9H2,1-3H3,(H,17,22)/t12-/m1/s1. The number of rotatable bonds is 6. The maximum atomic E-state index is 12.5. The first-order valence-corrected chi connectivity index (χ1v) is 9.00. The molecule has 0 saturated heterocycles. The van der Waals surface area contributed by atoms with Crippen molar-refractivity contribution in [2.45, 2.75) is 75.4 Å². The van der Waals surface area contributed by atoms with Crippen LogP contribution >= 0.6 is 11.8 Å². The average Bonchev–Trinajstić information content (AvgIpc) is 2.94. The van der Waals surface area contributed by atoms with Gasteiger partial charge in [-0.3, -0.25) is 4.79 Å². The van der Waals surface area contributed by atoms with Crippen LogP contribution in [0.2, 0.25) is 0 Å². The van der Waals surface area contributed by atoms with Gasteiger partial charge >= 0.3 is 0 Å². The van der Waals surface area contributed by atoms with Crippen molar-refractivity contribution in [2.75, 3.05) is 0 Å². The molecule has 1 heterocycles. The Morgan fingerprint density at radius 1 is 1.39 bits per heavy atom. The quantitative estimate of drug-likeness (QED) is 0.800. The summed E-state index contributed by atoms with van der Waals surface area (Å²) in [5.74, 6) is 0.295. The fourth-order valence-corrected chi connectivity index (χ4v) is 3.51. The van der Waals surface area contributed by atoms with Gasteiger partial charge in [0.05, 0.1) is 11.3 Å². The van der Waals surface area contributed by atoms with E-state index in [9.17, 15) is 10.1 Å². The molecule has 0 bridgehead atoms. The topological polar surface area (TPSA) is 96.5 Å². The molecule has 0 aliphatic heterocycles. The first-order valence-electron chi connectivity index (χ1n) is 8.12. The van der Waals surface area contributed by atoms with E-state index in [1.807, 2.05) is 6.92 Å². The monoisotopic (exact) mass is 336 g/mol. The Hall–Kier alpha value is -1.62. The molecule has 1 N–H and O–H groups in total. The zero-order valence-electron chi connectivity index (χ0n) is 13.9. The van der Waals surface area contributed by atoms with E-state index in [0.29, 0.717) is 17.6 Å². The van der Waals surface area contributed by atoms with Crippen LogP contribution in [0.4, 0.5) is 0 Å². The smallest absolute Gasteiger partial charge is 0.234 e. The minimum atomic E-state index is -0.700. The van der Waals surface area contributed by atoms with Crippen molar-refractivity contribution in [1.29, 1.82) is 5.26 Å². The van der Waals surface area contributed by atoms with Gasteiger partial charge in [-0.2, -0.15) is 5.26 Å². The highest BCUT2D eigenvalue weighted by molar-refractivity contribution is 8.00. The first-order chi connectivity index (χ1) is 11.0. The summed E-state index contributed by atoms with van der Waals surface area (Å²) in [7, 11) is 0. The number of nitrogens with zero attached hydrogens (tertiary/aromatic N) is 5.